The van der Waals surface area contributed by atoms with Crippen LogP contribution in [-0.2, 0) is 11.3 Å². The van der Waals surface area contributed by atoms with Crippen molar-refractivity contribution in [1.82, 2.24) is 4.98 Å². The maximum atomic E-state index is 12.3. The van der Waals surface area contributed by atoms with Gasteiger partial charge in [-0.3, -0.25) is 10.1 Å². The average molecular weight is 339 g/mol. The molecule has 1 heterocycles. The highest BCUT2D eigenvalue weighted by Gasteiger charge is 2.10. The molecule has 3 aromatic rings. The monoisotopic (exact) mass is 339 g/mol. The van der Waals surface area contributed by atoms with Gasteiger partial charge in [0.2, 0.25) is 0 Å². The van der Waals surface area contributed by atoms with Gasteiger partial charge < -0.3 is 4.84 Å². The summed E-state index contributed by atoms with van der Waals surface area (Å²) in [5.41, 5.74) is 3.59. The predicted octanol–water partition coefficient (Wildman–Crippen LogP) is 4.09. The smallest absolute Gasteiger partial charge is 0.257 e. The zero-order valence-electron chi connectivity index (χ0n) is 13.4. The maximum absolute atomic E-state index is 12.3. The lowest BCUT2D eigenvalue weighted by Gasteiger charge is -2.01. The quantitative estimate of drug-likeness (QED) is 0.562. The Balaban J connectivity index is 1.75. The Kier molecular flexibility index (Phi) is 4.86. The fourth-order valence-corrected chi connectivity index (χ4v) is 3.17. The fraction of sp³-hybridized carbons (Fsp3) is 0.167. The van der Waals surface area contributed by atoms with Crippen molar-refractivity contribution in [2.75, 3.05) is 12.4 Å². The van der Waals surface area contributed by atoms with Crippen LogP contribution in [0.4, 0.5) is 5.13 Å². The van der Waals surface area contributed by atoms with Crippen LogP contribution in [0, 0.1) is 0 Å². The van der Waals surface area contributed by atoms with Gasteiger partial charge in [-0.05, 0) is 41.8 Å². The Hall–Kier alpha value is -2.73. The van der Waals surface area contributed by atoms with Crippen molar-refractivity contribution in [1.29, 1.82) is 0 Å². The van der Waals surface area contributed by atoms with Gasteiger partial charge in [-0.1, -0.05) is 41.6 Å². The van der Waals surface area contributed by atoms with E-state index in [0.717, 1.165) is 22.2 Å². The average Bonchev–Trinajstić information content (AvgIpc) is 3.01. The molecule has 0 aliphatic heterocycles. The molecule has 1 amide bonds. The lowest BCUT2D eigenvalue weighted by molar-refractivity contribution is 0.102. The molecule has 0 fully saturated rings. The number of nitrogens with zero attached hydrogens (tertiary/aromatic N) is 2. The van der Waals surface area contributed by atoms with Crippen LogP contribution in [0.2, 0.25) is 0 Å². The maximum Gasteiger partial charge on any atom is 0.257 e. The van der Waals surface area contributed by atoms with Gasteiger partial charge in [-0.2, -0.15) is 0 Å². The molecule has 0 aliphatic carbocycles. The number of carbonyl (C=O) groups excluding carboxylic acids is 1. The van der Waals surface area contributed by atoms with E-state index < -0.39 is 0 Å². The minimum atomic E-state index is -0.181. The second-order valence-electron chi connectivity index (χ2n) is 5.17. The van der Waals surface area contributed by atoms with Crippen LogP contribution >= 0.6 is 11.3 Å². The number of aryl methyl sites for hydroxylation is 1. The molecule has 5 nitrogen and oxygen atoms in total. The van der Waals surface area contributed by atoms with Crippen LogP contribution in [-0.4, -0.2) is 24.2 Å². The predicted molar refractivity (Wildman–Crippen MR) is 98.0 cm³/mol. The molecular weight excluding hydrogens is 322 g/mol. The second-order valence-corrected chi connectivity index (χ2v) is 6.20. The first kappa shape index (κ1) is 16.1. The molecule has 1 aromatic heterocycles. The summed E-state index contributed by atoms with van der Waals surface area (Å²) in [5, 5.41) is 7.15. The minimum absolute atomic E-state index is 0.181. The number of oxime groups is 1. The van der Waals surface area contributed by atoms with Gasteiger partial charge in [0.25, 0.3) is 5.91 Å². The molecule has 24 heavy (non-hydrogen) atoms. The number of nitrogens with one attached hydrogen (secondary N) is 1. The van der Waals surface area contributed by atoms with Crippen molar-refractivity contribution in [2.24, 2.45) is 5.16 Å². The molecule has 0 atom stereocenters. The molecule has 0 bridgehead atoms. The minimum Gasteiger partial charge on any atom is -0.399 e. The Bertz CT molecular complexity index is 885. The number of carbonyl (C=O) groups is 1. The van der Waals surface area contributed by atoms with Gasteiger partial charge in [-0.25, -0.2) is 4.98 Å². The summed E-state index contributed by atoms with van der Waals surface area (Å²) in [6.07, 6.45) is 2.56. The molecule has 1 N–H and O–H groups in total. The van der Waals surface area contributed by atoms with Crippen LogP contribution in [0.5, 0.6) is 0 Å². The van der Waals surface area contributed by atoms with Crippen LogP contribution in [0.1, 0.15) is 28.4 Å². The molecule has 6 heteroatoms. The molecule has 2 aromatic carbocycles. The van der Waals surface area contributed by atoms with Crippen LogP contribution < -0.4 is 5.32 Å². The van der Waals surface area contributed by atoms with Crippen molar-refractivity contribution in [3.63, 3.8) is 0 Å². The number of rotatable bonds is 5. The molecule has 3 rings (SSSR count). The number of thiazole rings is 1. The van der Waals surface area contributed by atoms with E-state index in [1.165, 1.54) is 24.0 Å². The summed E-state index contributed by atoms with van der Waals surface area (Å²) in [4.78, 5) is 21.4. The molecule has 0 spiro atoms. The Labute approximate surface area is 144 Å². The highest BCUT2D eigenvalue weighted by atomic mass is 32.1. The summed E-state index contributed by atoms with van der Waals surface area (Å²) in [6.45, 7) is 2.12. The van der Waals surface area contributed by atoms with Crippen LogP contribution in [0.15, 0.2) is 47.6 Å². The van der Waals surface area contributed by atoms with Gasteiger partial charge in [0, 0.05) is 5.56 Å². The summed E-state index contributed by atoms with van der Waals surface area (Å²) in [7, 11) is 1.49. The van der Waals surface area contributed by atoms with Crippen LogP contribution in [0.3, 0.4) is 0 Å². The highest BCUT2D eigenvalue weighted by molar-refractivity contribution is 7.22. The van der Waals surface area contributed by atoms with Gasteiger partial charge in [0.15, 0.2) is 5.13 Å². The molecule has 0 unspecified atom stereocenters. The number of amides is 1. The first-order chi connectivity index (χ1) is 11.7. The second kappa shape index (κ2) is 7.23. The molecular formula is C18H17N3O2S. The van der Waals surface area contributed by atoms with E-state index in [2.05, 4.69) is 39.4 Å². The van der Waals surface area contributed by atoms with Crippen molar-refractivity contribution < 1.29 is 9.63 Å². The molecule has 0 aliphatic rings. The standard InChI is InChI=1S/C18H17N3O2S/c1-3-12-6-9-15-16(10-12)24-18(20-15)21-17(22)14-7-4-13(5-8-14)11-19-23-2/h4-11H,3H2,1-2H3,(H,20,21,22). The Morgan fingerprint density at radius 1 is 1.29 bits per heavy atom. The summed E-state index contributed by atoms with van der Waals surface area (Å²) in [5.74, 6) is -0.181. The van der Waals surface area contributed by atoms with Crippen molar-refractivity contribution in [3.05, 3.63) is 59.2 Å². The molecule has 0 saturated heterocycles. The largest absolute Gasteiger partial charge is 0.399 e. The van der Waals surface area contributed by atoms with E-state index in [-0.39, 0.29) is 5.91 Å². The van der Waals surface area contributed by atoms with Gasteiger partial charge in [0.1, 0.15) is 7.11 Å². The topological polar surface area (TPSA) is 63.6 Å². The summed E-state index contributed by atoms with van der Waals surface area (Å²) in [6, 6.07) is 13.3. The first-order valence-electron chi connectivity index (χ1n) is 7.57. The number of aromatic nitrogens is 1. The van der Waals surface area contributed by atoms with E-state index in [9.17, 15) is 4.79 Å². The van der Waals surface area contributed by atoms with Crippen molar-refractivity contribution in [2.45, 2.75) is 13.3 Å². The van der Waals surface area contributed by atoms with Crippen molar-refractivity contribution >= 4 is 38.8 Å². The van der Waals surface area contributed by atoms with E-state index in [0.29, 0.717) is 10.7 Å². The molecule has 0 saturated carbocycles. The Morgan fingerprint density at radius 2 is 2.08 bits per heavy atom. The fourth-order valence-electron chi connectivity index (χ4n) is 2.25. The van der Waals surface area contributed by atoms with E-state index in [1.54, 1.807) is 18.3 Å². The van der Waals surface area contributed by atoms with Gasteiger partial charge in [0.05, 0.1) is 16.4 Å². The first-order valence-corrected chi connectivity index (χ1v) is 8.38. The number of fused-ring (bicyclic) bond motifs is 1. The van der Waals surface area contributed by atoms with Gasteiger partial charge in [-0.15, -0.1) is 0 Å². The SMILES string of the molecule is CCc1ccc2nc(NC(=O)c3ccc(C=NOC)cc3)sc2c1. The Morgan fingerprint density at radius 3 is 2.79 bits per heavy atom. The summed E-state index contributed by atoms with van der Waals surface area (Å²) >= 11 is 1.48. The third-order valence-electron chi connectivity index (χ3n) is 3.56. The zero-order chi connectivity index (χ0) is 16.9. The normalized spacial score (nSPS) is 11.1. The summed E-state index contributed by atoms with van der Waals surface area (Å²) < 4.78 is 1.08. The third kappa shape index (κ3) is 3.60. The highest BCUT2D eigenvalue weighted by Crippen LogP contribution is 2.27. The number of benzene rings is 2. The third-order valence-corrected chi connectivity index (χ3v) is 4.50. The van der Waals surface area contributed by atoms with E-state index in [1.807, 2.05) is 18.2 Å². The number of anilines is 1. The lowest BCUT2D eigenvalue weighted by atomic mass is 10.1. The lowest BCUT2D eigenvalue weighted by Crippen LogP contribution is -2.11. The van der Waals surface area contributed by atoms with E-state index >= 15 is 0 Å². The van der Waals surface area contributed by atoms with Gasteiger partial charge >= 0.3 is 0 Å². The van der Waals surface area contributed by atoms with E-state index in [4.69, 9.17) is 0 Å². The van der Waals surface area contributed by atoms with Crippen LogP contribution in [0.25, 0.3) is 10.2 Å². The molecule has 0 radical (unpaired) electrons. The molecule has 122 valence electrons. The van der Waals surface area contributed by atoms with Crippen molar-refractivity contribution in [3.8, 4) is 0 Å². The number of hydrogen-bond acceptors (Lipinski definition) is 5. The zero-order valence-corrected chi connectivity index (χ0v) is 14.3. The number of hydrogen-bond donors (Lipinski definition) is 1.